The average Bonchev–Trinajstić information content (AvgIpc) is 2.75. The third kappa shape index (κ3) is 3.92. The fraction of sp³-hybridized carbons (Fsp3) is 0.333. The van der Waals surface area contributed by atoms with Gasteiger partial charge in [-0.1, -0.05) is 29.0 Å². The molecule has 9 heteroatoms. The first-order chi connectivity index (χ1) is 11.1. The highest BCUT2D eigenvalue weighted by Crippen LogP contribution is 2.21. The molecule has 130 valence electrons. The maximum atomic E-state index is 12.4. The number of nitrogens with zero attached hydrogens (tertiary/aromatic N) is 1. The standard InChI is InChI=1S/C15H19N3O4S2/c1-9-5-10(2)14(11(3)6-9)24(21,22)17-16-13(19)7-18-12(4)8-23-15(18)20/h5-6,8,17H,7H2,1-4H3,(H,16,19). The SMILES string of the molecule is Cc1cc(C)c(S(=O)(=O)NNC(=O)Cn2c(C)csc2=O)c(C)c1. The van der Waals surface area contributed by atoms with Crippen LogP contribution in [0.15, 0.2) is 27.2 Å². The van der Waals surface area contributed by atoms with Gasteiger partial charge in [0.2, 0.25) is 0 Å². The van der Waals surface area contributed by atoms with Crippen molar-refractivity contribution >= 4 is 27.3 Å². The number of amides is 1. The number of hydrazine groups is 1. The monoisotopic (exact) mass is 369 g/mol. The third-order valence-corrected chi connectivity index (χ3v) is 5.91. The Hall–Kier alpha value is -1.97. The fourth-order valence-corrected chi connectivity index (χ4v) is 4.60. The molecule has 2 aromatic rings. The summed E-state index contributed by atoms with van der Waals surface area (Å²) in [4.78, 5) is 25.5. The van der Waals surface area contributed by atoms with E-state index in [9.17, 15) is 18.0 Å². The summed E-state index contributed by atoms with van der Waals surface area (Å²) in [6.07, 6.45) is 0. The molecular weight excluding hydrogens is 350 g/mol. The zero-order valence-corrected chi connectivity index (χ0v) is 15.5. The molecule has 0 saturated carbocycles. The van der Waals surface area contributed by atoms with Gasteiger partial charge in [-0.3, -0.25) is 19.6 Å². The topological polar surface area (TPSA) is 97.3 Å². The molecule has 0 aliphatic heterocycles. The van der Waals surface area contributed by atoms with E-state index in [0.29, 0.717) is 16.8 Å². The van der Waals surface area contributed by atoms with Crippen LogP contribution in [-0.4, -0.2) is 18.9 Å². The van der Waals surface area contributed by atoms with Gasteiger partial charge >= 0.3 is 4.87 Å². The van der Waals surface area contributed by atoms with Crippen LogP contribution in [0.25, 0.3) is 0 Å². The molecule has 0 fully saturated rings. The number of sulfonamides is 1. The van der Waals surface area contributed by atoms with Crippen LogP contribution in [0.5, 0.6) is 0 Å². The second-order valence-electron chi connectivity index (χ2n) is 5.61. The normalized spacial score (nSPS) is 11.5. The van der Waals surface area contributed by atoms with E-state index in [1.165, 1.54) is 4.57 Å². The molecule has 2 rings (SSSR count). The van der Waals surface area contributed by atoms with E-state index in [2.05, 4.69) is 10.3 Å². The molecule has 0 aliphatic carbocycles. The number of aryl methyl sites for hydroxylation is 4. The fourth-order valence-electron chi connectivity index (χ4n) is 2.55. The minimum Gasteiger partial charge on any atom is -0.294 e. The lowest BCUT2D eigenvalue weighted by Crippen LogP contribution is -2.44. The molecule has 0 bridgehead atoms. The molecule has 1 amide bonds. The number of nitrogens with one attached hydrogen (secondary N) is 2. The number of aromatic nitrogens is 1. The van der Waals surface area contributed by atoms with E-state index < -0.39 is 15.9 Å². The minimum absolute atomic E-state index is 0.136. The molecule has 0 saturated heterocycles. The summed E-state index contributed by atoms with van der Waals surface area (Å²) in [6, 6.07) is 3.52. The molecule has 7 nitrogen and oxygen atoms in total. The Bertz CT molecular complexity index is 919. The summed E-state index contributed by atoms with van der Waals surface area (Å²) in [5, 5.41) is 1.64. The van der Waals surface area contributed by atoms with Crippen molar-refractivity contribution in [2.75, 3.05) is 0 Å². The summed E-state index contributed by atoms with van der Waals surface area (Å²) in [6.45, 7) is 6.73. The highest BCUT2D eigenvalue weighted by atomic mass is 32.2. The van der Waals surface area contributed by atoms with E-state index >= 15 is 0 Å². The molecular formula is C15H19N3O4S2. The second kappa shape index (κ2) is 6.88. The largest absolute Gasteiger partial charge is 0.307 e. The van der Waals surface area contributed by atoms with Gasteiger partial charge in [-0.25, -0.2) is 8.42 Å². The smallest absolute Gasteiger partial charge is 0.294 e. The molecule has 0 aliphatic rings. The van der Waals surface area contributed by atoms with Gasteiger partial charge in [-0.2, -0.15) is 0 Å². The number of hydrogen-bond donors (Lipinski definition) is 2. The molecule has 1 aromatic carbocycles. The van der Waals surface area contributed by atoms with Crippen molar-refractivity contribution in [3.8, 4) is 0 Å². The van der Waals surface area contributed by atoms with Gasteiger partial charge < -0.3 is 0 Å². The molecule has 0 radical (unpaired) electrons. The number of thiazole rings is 1. The van der Waals surface area contributed by atoms with Gasteiger partial charge in [0.1, 0.15) is 6.54 Å². The van der Waals surface area contributed by atoms with Crippen molar-refractivity contribution in [2.24, 2.45) is 0 Å². The number of carbonyl (C=O) groups is 1. The van der Waals surface area contributed by atoms with Crippen molar-refractivity contribution < 1.29 is 13.2 Å². The molecule has 0 unspecified atom stereocenters. The lowest BCUT2D eigenvalue weighted by molar-refractivity contribution is -0.122. The van der Waals surface area contributed by atoms with Crippen LogP contribution < -0.4 is 15.1 Å². The summed E-state index contributed by atoms with van der Waals surface area (Å²) < 4.78 is 26.1. The molecule has 2 N–H and O–H groups in total. The van der Waals surface area contributed by atoms with Gasteiger partial charge in [-0.15, -0.1) is 4.83 Å². The summed E-state index contributed by atoms with van der Waals surface area (Å²) in [5.41, 5.74) is 4.95. The number of hydrogen-bond acceptors (Lipinski definition) is 5. The Morgan fingerprint density at radius 1 is 1.17 bits per heavy atom. The predicted octanol–water partition coefficient (Wildman–Crippen LogP) is 1.15. The molecule has 1 aromatic heterocycles. The van der Waals surface area contributed by atoms with Crippen LogP contribution in [-0.2, 0) is 21.4 Å². The Kier molecular flexibility index (Phi) is 5.26. The molecule has 1 heterocycles. The Morgan fingerprint density at radius 2 is 1.75 bits per heavy atom. The van der Waals surface area contributed by atoms with Gasteiger partial charge in [0.15, 0.2) is 0 Å². The lowest BCUT2D eigenvalue weighted by atomic mass is 10.1. The second-order valence-corrected chi connectivity index (χ2v) is 8.05. The lowest BCUT2D eigenvalue weighted by Gasteiger charge is -2.14. The summed E-state index contributed by atoms with van der Waals surface area (Å²) in [7, 11) is -3.90. The molecule has 0 atom stereocenters. The number of benzene rings is 1. The van der Waals surface area contributed by atoms with Crippen LogP contribution >= 0.6 is 11.3 Å². The van der Waals surface area contributed by atoms with Gasteiger partial charge in [0, 0.05) is 11.1 Å². The van der Waals surface area contributed by atoms with Crippen LogP contribution in [0, 0.1) is 27.7 Å². The van der Waals surface area contributed by atoms with Gasteiger partial charge in [-0.05, 0) is 38.8 Å². The van der Waals surface area contributed by atoms with Crippen molar-refractivity contribution in [3.05, 3.63) is 49.6 Å². The van der Waals surface area contributed by atoms with E-state index in [-0.39, 0.29) is 16.3 Å². The average molecular weight is 369 g/mol. The maximum absolute atomic E-state index is 12.4. The Labute approximate surface area is 144 Å². The summed E-state index contributed by atoms with van der Waals surface area (Å²) >= 11 is 0.988. The first-order valence-corrected chi connectivity index (χ1v) is 9.51. The van der Waals surface area contributed by atoms with Crippen LogP contribution in [0.3, 0.4) is 0 Å². The first kappa shape index (κ1) is 18.4. The Balaban J connectivity index is 2.14. The van der Waals surface area contributed by atoms with Crippen molar-refractivity contribution in [3.63, 3.8) is 0 Å². The van der Waals surface area contributed by atoms with Crippen LogP contribution in [0.2, 0.25) is 0 Å². The zero-order chi connectivity index (χ0) is 18.1. The van der Waals surface area contributed by atoms with E-state index in [4.69, 9.17) is 0 Å². The first-order valence-electron chi connectivity index (χ1n) is 7.15. The Morgan fingerprint density at radius 3 is 2.25 bits per heavy atom. The maximum Gasteiger partial charge on any atom is 0.307 e. The third-order valence-electron chi connectivity index (χ3n) is 3.48. The molecule has 0 spiro atoms. The van der Waals surface area contributed by atoms with Crippen molar-refractivity contribution in [1.29, 1.82) is 0 Å². The quantitative estimate of drug-likeness (QED) is 0.773. The number of carbonyl (C=O) groups excluding carboxylic acids is 1. The number of rotatable bonds is 5. The predicted molar refractivity (Wildman–Crippen MR) is 92.4 cm³/mol. The highest BCUT2D eigenvalue weighted by Gasteiger charge is 2.20. The summed E-state index contributed by atoms with van der Waals surface area (Å²) in [5.74, 6) is -0.621. The highest BCUT2D eigenvalue weighted by molar-refractivity contribution is 7.89. The van der Waals surface area contributed by atoms with Crippen molar-refractivity contribution in [1.82, 2.24) is 14.8 Å². The van der Waals surface area contributed by atoms with Gasteiger partial charge in [0.25, 0.3) is 15.9 Å². The van der Waals surface area contributed by atoms with Gasteiger partial charge in [0.05, 0.1) is 4.90 Å². The minimum atomic E-state index is -3.90. The van der Waals surface area contributed by atoms with Crippen LogP contribution in [0.1, 0.15) is 22.4 Å². The van der Waals surface area contributed by atoms with E-state index in [1.54, 1.807) is 38.3 Å². The van der Waals surface area contributed by atoms with E-state index in [1.807, 2.05) is 6.92 Å². The molecule has 24 heavy (non-hydrogen) atoms. The van der Waals surface area contributed by atoms with Crippen molar-refractivity contribution in [2.45, 2.75) is 39.1 Å². The zero-order valence-electron chi connectivity index (χ0n) is 13.8. The van der Waals surface area contributed by atoms with E-state index in [0.717, 1.165) is 16.9 Å². The van der Waals surface area contributed by atoms with Crippen LogP contribution in [0.4, 0.5) is 0 Å².